The Morgan fingerprint density at radius 2 is 1.39 bits per heavy atom. The molecule has 1 aliphatic rings. The van der Waals surface area contributed by atoms with Crippen LogP contribution in [-0.4, -0.2) is 13.8 Å². The minimum Gasteiger partial charge on any atom is -0.377 e. The van der Waals surface area contributed by atoms with Crippen LogP contribution in [0.15, 0.2) is 60.7 Å². The third-order valence-electron chi connectivity index (χ3n) is 7.01. The van der Waals surface area contributed by atoms with Crippen LogP contribution >= 0.6 is 0 Å². The molecule has 2 heteroatoms. The van der Waals surface area contributed by atoms with Crippen LogP contribution in [0.4, 0.5) is 4.39 Å². The Morgan fingerprint density at radius 3 is 1.97 bits per heavy atom. The van der Waals surface area contributed by atoms with Crippen molar-refractivity contribution in [2.75, 3.05) is 13.8 Å². The molecule has 0 heterocycles. The molecule has 2 aromatic rings. The highest BCUT2D eigenvalue weighted by atomic mass is 19.1. The largest absolute Gasteiger partial charge is 0.377 e. The SMILES string of the molecule is COC(C)c1ccc(-c2ccc(CCC3CCC(CC/C=C/CCF)CC3)cc2)cc1. The first kappa shape index (κ1) is 23.7. The van der Waals surface area contributed by atoms with Gasteiger partial charge in [0.1, 0.15) is 0 Å². The number of rotatable bonds is 11. The third kappa shape index (κ3) is 7.61. The van der Waals surface area contributed by atoms with E-state index in [1.807, 2.05) is 6.08 Å². The fourth-order valence-electron chi connectivity index (χ4n) is 4.76. The van der Waals surface area contributed by atoms with E-state index >= 15 is 0 Å². The van der Waals surface area contributed by atoms with Gasteiger partial charge >= 0.3 is 0 Å². The van der Waals surface area contributed by atoms with E-state index < -0.39 is 0 Å². The summed E-state index contributed by atoms with van der Waals surface area (Å²) in [6.45, 7) is 1.84. The molecule has 1 nitrogen and oxygen atoms in total. The van der Waals surface area contributed by atoms with E-state index in [4.69, 9.17) is 4.74 Å². The molecular formula is C29H39FO. The van der Waals surface area contributed by atoms with Gasteiger partial charge in [-0.2, -0.15) is 0 Å². The van der Waals surface area contributed by atoms with Gasteiger partial charge in [0.05, 0.1) is 12.8 Å². The maximum absolute atomic E-state index is 12.1. The summed E-state index contributed by atoms with van der Waals surface area (Å²) in [5.41, 5.74) is 5.21. The van der Waals surface area contributed by atoms with E-state index in [-0.39, 0.29) is 12.8 Å². The molecule has 0 aliphatic heterocycles. The average Bonchev–Trinajstić information content (AvgIpc) is 2.83. The maximum atomic E-state index is 12.1. The lowest BCUT2D eigenvalue weighted by Crippen LogP contribution is -2.15. The fraction of sp³-hybridized carbons (Fsp3) is 0.517. The van der Waals surface area contributed by atoms with Crippen molar-refractivity contribution >= 4 is 0 Å². The number of methoxy groups -OCH3 is 1. The summed E-state index contributed by atoms with van der Waals surface area (Å²) in [4.78, 5) is 0. The molecule has 31 heavy (non-hydrogen) atoms. The highest BCUT2D eigenvalue weighted by Gasteiger charge is 2.20. The standard InChI is InChI=1S/C29H39FO/c1-23(31-2)27-18-20-29(21-19-27)28-16-14-26(15-17-28)13-12-25-10-8-24(9-11-25)7-5-3-4-6-22-30/h3-4,14-21,23-25H,5-13,22H2,1-2H3/b4-3+. The number of aryl methyl sites for hydroxylation is 1. The molecular weight excluding hydrogens is 383 g/mol. The quantitative estimate of drug-likeness (QED) is 0.330. The molecule has 0 saturated heterocycles. The molecule has 1 saturated carbocycles. The molecule has 0 radical (unpaired) electrons. The molecule has 1 atom stereocenters. The van der Waals surface area contributed by atoms with E-state index in [0.29, 0.717) is 6.42 Å². The smallest absolute Gasteiger partial charge is 0.0928 e. The zero-order valence-corrected chi connectivity index (χ0v) is 19.4. The average molecular weight is 423 g/mol. The van der Waals surface area contributed by atoms with Crippen LogP contribution in [0.25, 0.3) is 11.1 Å². The van der Waals surface area contributed by atoms with Crippen LogP contribution in [0.2, 0.25) is 0 Å². The van der Waals surface area contributed by atoms with Crippen LogP contribution < -0.4 is 0 Å². The van der Waals surface area contributed by atoms with Gasteiger partial charge in [-0.15, -0.1) is 0 Å². The fourth-order valence-corrected chi connectivity index (χ4v) is 4.76. The highest BCUT2D eigenvalue weighted by Crippen LogP contribution is 2.34. The lowest BCUT2D eigenvalue weighted by molar-refractivity contribution is 0.119. The van der Waals surface area contributed by atoms with E-state index in [2.05, 4.69) is 61.5 Å². The summed E-state index contributed by atoms with van der Waals surface area (Å²) in [7, 11) is 1.75. The van der Waals surface area contributed by atoms with Crippen molar-refractivity contribution in [2.24, 2.45) is 11.8 Å². The topological polar surface area (TPSA) is 9.23 Å². The predicted molar refractivity (Wildman–Crippen MR) is 130 cm³/mol. The van der Waals surface area contributed by atoms with E-state index in [9.17, 15) is 4.39 Å². The van der Waals surface area contributed by atoms with Crippen LogP contribution in [0.1, 0.15) is 75.5 Å². The zero-order chi connectivity index (χ0) is 21.9. The van der Waals surface area contributed by atoms with Crippen LogP contribution in [0.5, 0.6) is 0 Å². The Kier molecular flexibility index (Phi) is 9.81. The molecule has 168 valence electrons. The van der Waals surface area contributed by atoms with Crippen molar-refractivity contribution in [1.82, 2.24) is 0 Å². The lowest BCUT2D eigenvalue weighted by Gasteiger charge is -2.28. The third-order valence-corrected chi connectivity index (χ3v) is 7.01. The first-order chi connectivity index (χ1) is 15.2. The lowest BCUT2D eigenvalue weighted by atomic mass is 9.78. The number of alkyl halides is 1. The predicted octanol–water partition coefficient (Wildman–Crippen LogP) is 8.50. The second-order valence-electron chi connectivity index (χ2n) is 9.15. The Morgan fingerprint density at radius 1 is 0.839 bits per heavy atom. The van der Waals surface area contributed by atoms with E-state index in [0.717, 1.165) is 18.3 Å². The van der Waals surface area contributed by atoms with Gasteiger partial charge in [-0.3, -0.25) is 4.39 Å². The number of halogens is 1. The second kappa shape index (κ2) is 12.8. The number of ether oxygens (including phenoxy) is 1. The van der Waals surface area contributed by atoms with Crippen LogP contribution in [0, 0.1) is 11.8 Å². The Bertz CT molecular complexity index is 769. The minimum atomic E-state index is -0.231. The zero-order valence-electron chi connectivity index (χ0n) is 19.4. The molecule has 0 bridgehead atoms. The van der Waals surface area contributed by atoms with Crippen molar-refractivity contribution in [3.8, 4) is 11.1 Å². The second-order valence-corrected chi connectivity index (χ2v) is 9.15. The van der Waals surface area contributed by atoms with Gasteiger partial charge in [-0.05, 0) is 73.1 Å². The summed E-state index contributed by atoms with van der Waals surface area (Å²) < 4.78 is 17.5. The molecule has 2 aromatic carbocycles. The summed E-state index contributed by atoms with van der Waals surface area (Å²) in [5, 5.41) is 0. The molecule has 0 N–H and O–H groups in total. The summed E-state index contributed by atoms with van der Waals surface area (Å²) in [6.07, 6.45) is 15.3. The molecule has 0 aromatic heterocycles. The van der Waals surface area contributed by atoms with E-state index in [1.165, 1.54) is 67.2 Å². The monoisotopic (exact) mass is 422 g/mol. The van der Waals surface area contributed by atoms with Crippen molar-refractivity contribution in [3.63, 3.8) is 0 Å². The summed E-state index contributed by atoms with van der Waals surface area (Å²) in [6, 6.07) is 17.8. The van der Waals surface area contributed by atoms with Gasteiger partial charge in [0, 0.05) is 7.11 Å². The number of hydrogen-bond donors (Lipinski definition) is 0. The van der Waals surface area contributed by atoms with E-state index in [1.54, 1.807) is 7.11 Å². The van der Waals surface area contributed by atoms with Gasteiger partial charge in [0.2, 0.25) is 0 Å². The Hall–Kier alpha value is -1.93. The summed E-state index contributed by atoms with van der Waals surface area (Å²) in [5.74, 6) is 1.76. The van der Waals surface area contributed by atoms with Gasteiger partial charge in [-0.25, -0.2) is 0 Å². The van der Waals surface area contributed by atoms with Gasteiger partial charge < -0.3 is 4.74 Å². The number of benzene rings is 2. The van der Waals surface area contributed by atoms with Crippen molar-refractivity contribution in [2.45, 2.75) is 70.8 Å². The summed E-state index contributed by atoms with van der Waals surface area (Å²) >= 11 is 0. The van der Waals surface area contributed by atoms with Crippen LogP contribution in [0.3, 0.4) is 0 Å². The first-order valence-electron chi connectivity index (χ1n) is 12.1. The van der Waals surface area contributed by atoms with Crippen molar-refractivity contribution in [3.05, 3.63) is 71.8 Å². The van der Waals surface area contributed by atoms with Gasteiger partial charge in [0.15, 0.2) is 0 Å². The van der Waals surface area contributed by atoms with Gasteiger partial charge in [-0.1, -0.05) is 86.4 Å². The molecule has 1 aliphatic carbocycles. The van der Waals surface area contributed by atoms with Crippen molar-refractivity contribution in [1.29, 1.82) is 0 Å². The first-order valence-corrected chi connectivity index (χ1v) is 12.1. The van der Waals surface area contributed by atoms with Crippen LogP contribution in [-0.2, 0) is 11.2 Å². The Balaban J connectivity index is 1.40. The molecule has 0 amide bonds. The van der Waals surface area contributed by atoms with Crippen molar-refractivity contribution < 1.29 is 9.13 Å². The maximum Gasteiger partial charge on any atom is 0.0928 e. The minimum absolute atomic E-state index is 0.135. The molecule has 1 fully saturated rings. The molecule has 0 spiro atoms. The van der Waals surface area contributed by atoms with Gasteiger partial charge in [0.25, 0.3) is 0 Å². The highest BCUT2D eigenvalue weighted by molar-refractivity contribution is 5.64. The number of allylic oxidation sites excluding steroid dienone is 2. The molecule has 1 unspecified atom stereocenters. The molecule has 3 rings (SSSR count). The Labute approximate surface area is 188 Å². The number of hydrogen-bond acceptors (Lipinski definition) is 1. The normalized spacial score (nSPS) is 20.2.